The average Bonchev–Trinajstić information content (AvgIpc) is 2.04. The summed E-state index contributed by atoms with van der Waals surface area (Å²) >= 11 is 3.33. The Bertz CT molecular complexity index is 292. The maximum Gasteiger partial charge on any atom is 0.123 e. The number of halogens is 2. The van der Waals surface area contributed by atoms with Gasteiger partial charge in [-0.15, -0.1) is 0 Å². The Morgan fingerprint density at radius 3 is 2.92 bits per heavy atom. The highest BCUT2D eigenvalue weighted by molar-refractivity contribution is 9.09. The fourth-order valence-corrected chi connectivity index (χ4v) is 1.08. The zero-order valence-electron chi connectivity index (χ0n) is 6.85. The molecule has 0 bridgehead atoms. The molecule has 0 fully saturated rings. The van der Waals surface area contributed by atoms with Gasteiger partial charge in [0.05, 0.1) is 0 Å². The number of alkyl halides is 1. The number of rotatable bonds is 2. The molecule has 64 valence electrons. The number of hydrogen-bond donors (Lipinski definition) is 0. The third-order valence-electron chi connectivity index (χ3n) is 1.47. The Hall–Kier alpha value is -0.630. The lowest BCUT2D eigenvalue weighted by Gasteiger charge is -1.95. The SMILES string of the molecule is CC(=Cc1cccc(F)c1)CBr. The van der Waals surface area contributed by atoms with Gasteiger partial charge >= 0.3 is 0 Å². The lowest BCUT2D eigenvalue weighted by molar-refractivity contribution is 0.627. The van der Waals surface area contributed by atoms with Gasteiger partial charge in [0.2, 0.25) is 0 Å². The Morgan fingerprint density at radius 1 is 1.58 bits per heavy atom. The molecule has 0 spiro atoms. The molecule has 0 atom stereocenters. The van der Waals surface area contributed by atoms with E-state index < -0.39 is 0 Å². The van der Waals surface area contributed by atoms with Crippen LogP contribution in [0.5, 0.6) is 0 Å². The van der Waals surface area contributed by atoms with Crippen LogP contribution in [-0.2, 0) is 0 Å². The van der Waals surface area contributed by atoms with Gasteiger partial charge in [-0.3, -0.25) is 0 Å². The van der Waals surface area contributed by atoms with Crippen molar-refractivity contribution >= 4 is 22.0 Å². The van der Waals surface area contributed by atoms with Crippen molar-refractivity contribution in [3.8, 4) is 0 Å². The maximum absolute atomic E-state index is 12.7. The van der Waals surface area contributed by atoms with Crippen molar-refractivity contribution in [1.29, 1.82) is 0 Å². The molecule has 1 aromatic rings. The molecule has 0 aliphatic rings. The molecular formula is C10H10BrF. The van der Waals surface area contributed by atoms with E-state index in [2.05, 4.69) is 15.9 Å². The van der Waals surface area contributed by atoms with Crippen molar-refractivity contribution in [2.75, 3.05) is 5.33 Å². The van der Waals surface area contributed by atoms with Crippen LogP contribution < -0.4 is 0 Å². The van der Waals surface area contributed by atoms with E-state index >= 15 is 0 Å². The minimum atomic E-state index is -0.189. The molecule has 0 nitrogen and oxygen atoms in total. The molecule has 2 heteroatoms. The van der Waals surface area contributed by atoms with Gasteiger partial charge in [-0.05, 0) is 24.6 Å². The van der Waals surface area contributed by atoms with Crippen LogP contribution in [0.25, 0.3) is 6.08 Å². The van der Waals surface area contributed by atoms with E-state index in [0.29, 0.717) is 0 Å². The van der Waals surface area contributed by atoms with E-state index in [1.165, 1.54) is 17.7 Å². The summed E-state index contributed by atoms with van der Waals surface area (Å²) in [6, 6.07) is 6.56. The zero-order chi connectivity index (χ0) is 8.97. The van der Waals surface area contributed by atoms with E-state index in [4.69, 9.17) is 0 Å². The lowest BCUT2D eigenvalue weighted by Crippen LogP contribution is -1.79. The van der Waals surface area contributed by atoms with Crippen LogP contribution in [0.15, 0.2) is 29.8 Å². The van der Waals surface area contributed by atoms with E-state index in [1.807, 2.05) is 19.1 Å². The average molecular weight is 229 g/mol. The van der Waals surface area contributed by atoms with Gasteiger partial charge < -0.3 is 0 Å². The largest absolute Gasteiger partial charge is 0.207 e. The molecular weight excluding hydrogens is 219 g/mol. The molecule has 0 aromatic heterocycles. The van der Waals surface area contributed by atoms with Crippen LogP contribution in [0.4, 0.5) is 4.39 Å². The highest BCUT2D eigenvalue weighted by Gasteiger charge is 1.91. The van der Waals surface area contributed by atoms with Gasteiger partial charge in [0.25, 0.3) is 0 Å². The number of hydrogen-bond acceptors (Lipinski definition) is 0. The third-order valence-corrected chi connectivity index (χ3v) is 2.36. The quantitative estimate of drug-likeness (QED) is 0.679. The maximum atomic E-state index is 12.7. The third kappa shape index (κ3) is 2.78. The first-order chi connectivity index (χ1) is 5.72. The van der Waals surface area contributed by atoms with E-state index in [-0.39, 0.29) is 5.82 Å². The van der Waals surface area contributed by atoms with Crippen LogP contribution in [0, 0.1) is 5.82 Å². The highest BCUT2D eigenvalue weighted by Crippen LogP contribution is 2.09. The molecule has 12 heavy (non-hydrogen) atoms. The van der Waals surface area contributed by atoms with Crippen molar-refractivity contribution < 1.29 is 4.39 Å². The number of benzene rings is 1. The van der Waals surface area contributed by atoms with Gasteiger partial charge in [0.15, 0.2) is 0 Å². The summed E-state index contributed by atoms with van der Waals surface area (Å²) in [5, 5.41) is 0.823. The smallest absolute Gasteiger partial charge is 0.123 e. The van der Waals surface area contributed by atoms with E-state index in [0.717, 1.165) is 10.9 Å². The first kappa shape index (κ1) is 9.46. The van der Waals surface area contributed by atoms with Gasteiger partial charge in [0, 0.05) is 5.33 Å². The second-order valence-electron chi connectivity index (χ2n) is 2.68. The van der Waals surface area contributed by atoms with Gasteiger partial charge in [-0.1, -0.05) is 39.7 Å². The second kappa shape index (κ2) is 4.41. The summed E-state index contributed by atoms with van der Waals surface area (Å²) in [4.78, 5) is 0. The van der Waals surface area contributed by atoms with Crippen molar-refractivity contribution in [3.05, 3.63) is 41.2 Å². The Balaban J connectivity index is 2.89. The van der Waals surface area contributed by atoms with Crippen molar-refractivity contribution in [2.24, 2.45) is 0 Å². The Morgan fingerprint density at radius 2 is 2.33 bits per heavy atom. The van der Waals surface area contributed by atoms with E-state index in [1.54, 1.807) is 6.07 Å². The van der Waals surface area contributed by atoms with Crippen LogP contribution in [0.3, 0.4) is 0 Å². The predicted octanol–water partition coefficient (Wildman–Crippen LogP) is 3.62. The Labute approximate surface area is 80.2 Å². The van der Waals surface area contributed by atoms with Gasteiger partial charge in [-0.25, -0.2) is 4.39 Å². The minimum absolute atomic E-state index is 0.189. The predicted molar refractivity (Wildman–Crippen MR) is 53.8 cm³/mol. The molecule has 0 aliphatic heterocycles. The topological polar surface area (TPSA) is 0 Å². The molecule has 0 radical (unpaired) electrons. The van der Waals surface area contributed by atoms with Crippen molar-refractivity contribution in [2.45, 2.75) is 6.92 Å². The fraction of sp³-hybridized carbons (Fsp3) is 0.200. The summed E-state index contributed by atoms with van der Waals surface area (Å²) in [6.07, 6.45) is 1.96. The van der Waals surface area contributed by atoms with Crippen LogP contribution in [0.2, 0.25) is 0 Å². The number of allylic oxidation sites excluding steroid dienone is 1. The molecule has 0 unspecified atom stereocenters. The first-order valence-corrected chi connectivity index (χ1v) is 4.83. The van der Waals surface area contributed by atoms with Crippen LogP contribution in [-0.4, -0.2) is 5.33 Å². The van der Waals surface area contributed by atoms with Crippen molar-refractivity contribution in [3.63, 3.8) is 0 Å². The standard InChI is InChI=1S/C10H10BrF/c1-8(7-11)5-9-3-2-4-10(12)6-9/h2-6H,7H2,1H3. The highest BCUT2D eigenvalue weighted by atomic mass is 79.9. The molecule has 1 aromatic carbocycles. The Kier molecular flexibility index (Phi) is 3.48. The molecule has 0 saturated carbocycles. The van der Waals surface area contributed by atoms with Gasteiger partial charge in [0.1, 0.15) is 5.82 Å². The zero-order valence-corrected chi connectivity index (χ0v) is 8.44. The minimum Gasteiger partial charge on any atom is -0.207 e. The molecule has 0 heterocycles. The fourth-order valence-electron chi connectivity index (χ4n) is 0.919. The first-order valence-electron chi connectivity index (χ1n) is 3.71. The monoisotopic (exact) mass is 228 g/mol. The van der Waals surface area contributed by atoms with Crippen molar-refractivity contribution in [1.82, 2.24) is 0 Å². The summed E-state index contributed by atoms with van der Waals surface area (Å²) in [7, 11) is 0. The molecule has 0 amide bonds. The summed E-state index contributed by atoms with van der Waals surface area (Å²) in [5.41, 5.74) is 2.09. The second-order valence-corrected chi connectivity index (χ2v) is 3.24. The van der Waals surface area contributed by atoms with Gasteiger partial charge in [-0.2, -0.15) is 0 Å². The van der Waals surface area contributed by atoms with Crippen LogP contribution in [0.1, 0.15) is 12.5 Å². The molecule has 0 saturated heterocycles. The summed E-state index contributed by atoms with van der Waals surface area (Å²) in [5.74, 6) is -0.189. The molecule has 0 aliphatic carbocycles. The molecule has 0 N–H and O–H groups in total. The van der Waals surface area contributed by atoms with E-state index in [9.17, 15) is 4.39 Å². The normalized spacial score (nSPS) is 11.8. The lowest BCUT2D eigenvalue weighted by atomic mass is 10.1. The molecule has 1 rings (SSSR count). The van der Waals surface area contributed by atoms with Crippen LogP contribution >= 0.6 is 15.9 Å². The summed E-state index contributed by atoms with van der Waals surface area (Å²) < 4.78 is 12.7. The summed E-state index contributed by atoms with van der Waals surface area (Å²) in [6.45, 7) is 2.00.